The number of aliphatic carboxylic acids is 1. The zero-order valence-corrected chi connectivity index (χ0v) is 10.2. The fourth-order valence-corrected chi connectivity index (χ4v) is 1.62. The van der Waals surface area contributed by atoms with E-state index in [4.69, 9.17) is 10.4 Å². The van der Waals surface area contributed by atoms with Crippen molar-refractivity contribution in [2.45, 2.75) is 20.3 Å². The molecule has 6 nitrogen and oxygen atoms in total. The SMILES string of the molecule is CCC(CNc1c(C#N)c(C)nn1C)C(=O)O. The van der Waals surface area contributed by atoms with Crippen molar-refractivity contribution in [3.63, 3.8) is 0 Å². The molecule has 1 heterocycles. The number of nitriles is 1. The number of nitrogens with one attached hydrogen (secondary N) is 1. The van der Waals surface area contributed by atoms with Crippen LogP contribution in [0.1, 0.15) is 24.6 Å². The second-order valence-corrected chi connectivity index (χ2v) is 3.87. The highest BCUT2D eigenvalue weighted by atomic mass is 16.4. The number of carbonyl (C=O) groups is 1. The molecule has 0 saturated carbocycles. The summed E-state index contributed by atoms with van der Waals surface area (Å²) in [6, 6.07) is 2.06. The van der Waals surface area contributed by atoms with E-state index in [1.54, 1.807) is 18.7 Å². The molecule has 1 aromatic rings. The summed E-state index contributed by atoms with van der Waals surface area (Å²) < 4.78 is 1.56. The van der Waals surface area contributed by atoms with Gasteiger partial charge in [-0.15, -0.1) is 0 Å². The van der Waals surface area contributed by atoms with Crippen LogP contribution in [-0.2, 0) is 11.8 Å². The molecule has 1 atom stereocenters. The van der Waals surface area contributed by atoms with Crippen LogP contribution in [0.25, 0.3) is 0 Å². The lowest BCUT2D eigenvalue weighted by Crippen LogP contribution is -2.23. The summed E-state index contributed by atoms with van der Waals surface area (Å²) in [5.74, 6) is -0.723. The van der Waals surface area contributed by atoms with Crippen LogP contribution >= 0.6 is 0 Å². The lowest BCUT2D eigenvalue weighted by Gasteiger charge is -2.12. The minimum absolute atomic E-state index is 0.291. The van der Waals surface area contributed by atoms with Crippen molar-refractivity contribution in [3.8, 4) is 6.07 Å². The smallest absolute Gasteiger partial charge is 0.308 e. The van der Waals surface area contributed by atoms with Gasteiger partial charge >= 0.3 is 5.97 Å². The summed E-state index contributed by atoms with van der Waals surface area (Å²) in [6.07, 6.45) is 0.543. The Morgan fingerprint density at radius 2 is 2.35 bits per heavy atom. The Balaban J connectivity index is 2.82. The number of carboxylic acids is 1. The largest absolute Gasteiger partial charge is 0.481 e. The number of carboxylic acid groups (broad SMARTS) is 1. The minimum Gasteiger partial charge on any atom is -0.481 e. The van der Waals surface area contributed by atoms with Gasteiger partial charge in [0.1, 0.15) is 17.5 Å². The van der Waals surface area contributed by atoms with Crippen LogP contribution in [0.2, 0.25) is 0 Å². The first-order valence-electron chi connectivity index (χ1n) is 5.41. The predicted octanol–water partition coefficient (Wildman–Crippen LogP) is 1.12. The fourth-order valence-electron chi connectivity index (χ4n) is 1.62. The lowest BCUT2D eigenvalue weighted by molar-refractivity contribution is -0.141. The molecule has 0 saturated heterocycles. The normalized spacial score (nSPS) is 11.9. The molecule has 1 rings (SSSR count). The highest BCUT2D eigenvalue weighted by molar-refractivity contribution is 5.71. The first kappa shape index (κ1) is 13.0. The molecule has 0 fully saturated rings. The van der Waals surface area contributed by atoms with Crippen LogP contribution in [0.15, 0.2) is 0 Å². The summed E-state index contributed by atoms with van der Waals surface area (Å²) >= 11 is 0. The van der Waals surface area contributed by atoms with Gasteiger partial charge in [-0.25, -0.2) is 0 Å². The van der Waals surface area contributed by atoms with Crippen LogP contribution < -0.4 is 5.32 Å². The molecule has 0 aromatic carbocycles. The summed E-state index contributed by atoms with van der Waals surface area (Å²) in [6.45, 7) is 3.86. The number of hydrogen-bond acceptors (Lipinski definition) is 4. The van der Waals surface area contributed by atoms with Crippen molar-refractivity contribution in [3.05, 3.63) is 11.3 Å². The van der Waals surface area contributed by atoms with Gasteiger partial charge in [0.05, 0.1) is 11.6 Å². The average Bonchev–Trinajstić information content (AvgIpc) is 2.53. The second-order valence-electron chi connectivity index (χ2n) is 3.87. The summed E-state index contributed by atoms with van der Waals surface area (Å²) in [4.78, 5) is 10.9. The van der Waals surface area contributed by atoms with Gasteiger partial charge in [-0.1, -0.05) is 6.92 Å². The quantitative estimate of drug-likeness (QED) is 0.799. The van der Waals surface area contributed by atoms with Crippen molar-refractivity contribution >= 4 is 11.8 Å². The summed E-state index contributed by atoms with van der Waals surface area (Å²) in [7, 11) is 1.72. The maximum atomic E-state index is 10.9. The zero-order valence-electron chi connectivity index (χ0n) is 10.2. The average molecular weight is 236 g/mol. The van der Waals surface area contributed by atoms with Gasteiger partial charge in [-0.2, -0.15) is 10.4 Å². The zero-order chi connectivity index (χ0) is 13.0. The van der Waals surface area contributed by atoms with Gasteiger partial charge in [-0.3, -0.25) is 9.48 Å². The first-order valence-corrected chi connectivity index (χ1v) is 5.41. The molecule has 1 aromatic heterocycles. The number of rotatable bonds is 5. The fraction of sp³-hybridized carbons (Fsp3) is 0.545. The van der Waals surface area contributed by atoms with E-state index >= 15 is 0 Å². The van der Waals surface area contributed by atoms with Crippen LogP contribution in [0, 0.1) is 24.2 Å². The molecule has 17 heavy (non-hydrogen) atoms. The number of hydrogen-bond donors (Lipinski definition) is 2. The molecule has 0 amide bonds. The Hall–Kier alpha value is -2.03. The van der Waals surface area contributed by atoms with Crippen LogP contribution in [-0.4, -0.2) is 27.4 Å². The Morgan fingerprint density at radius 1 is 1.71 bits per heavy atom. The van der Waals surface area contributed by atoms with Gasteiger partial charge < -0.3 is 10.4 Å². The Bertz CT molecular complexity index is 459. The standard InChI is InChI=1S/C11H16N4O2/c1-4-8(11(16)17)6-13-10-9(5-12)7(2)14-15(10)3/h8,13H,4,6H2,1-3H3,(H,16,17). The third-order valence-corrected chi connectivity index (χ3v) is 2.69. The van der Waals surface area contributed by atoms with Crippen LogP contribution in [0.4, 0.5) is 5.82 Å². The third-order valence-electron chi connectivity index (χ3n) is 2.69. The highest BCUT2D eigenvalue weighted by Gasteiger charge is 2.18. The van der Waals surface area contributed by atoms with E-state index in [1.807, 2.05) is 6.92 Å². The molecular weight excluding hydrogens is 220 g/mol. The molecule has 0 aliphatic carbocycles. The van der Waals surface area contributed by atoms with E-state index in [0.717, 1.165) is 0 Å². The number of anilines is 1. The third kappa shape index (κ3) is 2.75. The summed E-state index contributed by atoms with van der Waals surface area (Å²) in [5, 5.41) is 25.0. The topological polar surface area (TPSA) is 90.9 Å². The molecule has 6 heteroatoms. The van der Waals surface area contributed by atoms with Crippen molar-refractivity contribution in [2.24, 2.45) is 13.0 Å². The summed E-state index contributed by atoms with van der Waals surface area (Å²) in [5.41, 5.74) is 1.11. The molecule has 2 N–H and O–H groups in total. The molecule has 92 valence electrons. The molecule has 1 unspecified atom stereocenters. The second kappa shape index (κ2) is 5.34. The van der Waals surface area contributed by atoms with Gasteiger partial charge in [0.15, 0.2) is 0 Å². The van der Waals surface area contributed by atoms with E-state index in [1.165, 1.54) is 0 Å². The number of nitrogens with zero attached hydrogens (tertiary/aromatic N) is 3. The maximum absolute atomic E-state index is 10.9. The molecule has 0 spiro atoms. The minimum atomic E-state index is -0.836. The van der Waals surface area contributed by atoms with E-state index < -0.39 is 11.9 Å². The van der Waals surface area contributed by atoms with Crippen LogP contribution in [0.3, 0.4) is 0 Å². The molecule has 0 aliphatic heterocycles. The van der Waals surface area contributed by atoms with Crippen molar-refractivity contribution in [1.29, 1.82) is 5.26 Å². The highest BCUT2D eigenvalue weighted by Crippen LogP contribution is 2.18. The van der Waals surface area contributed by atoms with Crippen LogP contribution in [0.5, 0.6) is 0 Å². The predicted molar refractivity (Wildman–Crippen MR) is 62.6 cm³/mol. The van der Waals surface area contributed by atoms with E-state index in [0.29, 0.717) is 30.0 Å². The van der Waals surface area contributed by atoms with Crippen molar-refractivity contribution < 1.29 is 9.90 Å². The number of aromatic nitrogens is 2. The Kier molecular flexibility index (Phi) is 4.10. The van der Waals surface area contributed by atoms with E-state index in [9.17, 15) is 4.79 Å². The Morgan fingerprint density at radius 3 is 2.82 bits per heavy atom. The maximum Gasteiger partial charge on any atom is 0.308 e. The molecule has 0 radical (unpaired) electrons. The van der Waals surface area contributed by atoms with E-state index in [2.05, 4.69) is 16.5 Å². The van der Waals surface area contributed by atoms with Gasteiger partial charge in [0.25, 0.3) is 0 Å². The van der Waals surface area contributed by atoms with Crippen molar-refractivity contribution in [2.75, 3.05) is 11.9 Å². The lowest BCUT2D eigenvalue weighted by atomic mass is 10.1. The molecule has 0 aliphatic rings. The van der Waals surface area contributed by atoms with Gasteiger partial charge in [0.2, 0.25) is 0 Å². The Labute approximate surface area is 99.9 Å². The molecule has 0 bridgehead atoms. The van der Waals surface area contributed by atoms with E-state index in [-0.39, 0.29) is 0 Å². The molecular formula is C11H16N4O2. The van der Waals surface area contributed by atoms with Gasteiger partial charge in [0, 0.05) is 13.6 Å². The monoisotopic (exact) mass is 236 g/mol. The number of aryl methyl sites for hydroxylation is 2. The first-order chi connectivity index (χ1) is 8.01. The van der Waals surface area contributed by atoms with Crippen molar-refractivity contribution in [1.82, 2.24) is 9.78 Å². The van der Waals surface area contributed by atoms with Gasteiger partial charge in [-0.05, 0) is 13.3 Å².